The normalized spacial score (nSPS) is 11.1. The number of amides is 2. The van der Waals surface area contributed by atoms with Crippen LogP contribution >= 0.6 is 0 Å². The van der Waals surface area contributed by atoms with Crippen LogP contribution in [0.1, 0.15) is 39.0 Å². The van der Waals surface area contributed by atoms with Gasteiger partial charge < -0.3 is 9.73 Å². The van der Waals surface area contributed by atoms with Crippen molar-refractivity contribution in [2.75, 3.05) is 5.32 Å². The largest absolute Gasteiger partial charge is 0.459 e. The number of furan rings is 1. The van der Waals surface area contributed by atoms with Crippen LogP contribution in [0.15, 0.2) is 76.4 Å². The lowest BCUT2D eigenvalue weighted by Gasteiger charge is -2.07. The highest BCUT2D eigenvalue weighted by Crippen LogP contribution is 2.14. The van der Waals surface area contributed by atoms with Gasteiger partial charge in [0.15, 0.2) is 5.76 Å². The van der Waals surface area contributed by atoms with Crippen LogP contribution in [0.2, 0.25) is 0 Å². The molecule has 0 saturated heterocycles. The van der Waals surface area contributed by atoms with Gasteiger partial charge in [0.05, 0.1) is 12.0 Å². The van der Waals surface area contributed by atoms with E-state index in [2.05, 4.69) is 15.8 Å². The van der Waals surface area contributed by atoms with Crippen LogP contribution in [-0.2, 0) is 0 Å². The van der Waals surface area contributed by atoms with Crippen molar-refractivity contribution in [1.29, 1.82) is 0 Å². The Hall–Kier alpha value is -3.67. The van der Waals surface area contributed by atoms with Crippen molar-refractivity contribution >= 4 is 23.2 Å². The first-order chi connectivity index (χ1) is 13.0. The van der Waals surface area contributed by atoms with E-state index in [0.717, 1.165) is 11.1 Å². The first-order valence-corrected chi connectivity index (χ1v) is 8.40. The highest BCUT2D eigenvalue weighted by molar-refractivity contribution is 6.04. The lowest BCUT2D eigenvalue weighted by atomic mass is 10.1. The molecular weight excluding hydrogens is 342 g/mol. The van der Waals surface area contributed by atoms with Crippen LogP contribution < -0.4 is 10.7 Å². The molecule has 0 saturated carbocycles. The summed E-state index contributed by atoms with van der Waals surface area (Å²) in [6, 6.07) is 17.7. The molecular formula is C21H19N3O3. The summed E-state index contributed by atoms with van der Waals surface area (Å²) in [5.41, 5.74) is 6.02. The number of rotatable bonds is 5. The van der Waals surface area contributed by atoms with E-state index in [1.165, 1.54) is 6.26 Å². The fraction of sp³-hybridized carbons (Fsp3) is 0.0952. The van der Waals surface area contributed by atoms with Gasteiger partial charge in [-0.25, -0.2) is 5.43 Å². The number of carbonyl (C=O) groups is 2. The number of benzene rings is 2. The van der Waals surface area contributed by atoms with Crippen LogP contribution in [0.25, 0.3) is 0 Å². The number of hydrogen-bond donors (Lipinski definition) is 2. The molecule has 0 spiro atoms. The molecule has 2 amide bonds. The van der Waals surface area contributed by atoms with Crippen molar-refractivity contribution in [1.82, 2.24) is 5.43 Å². The molecule has 0 unspecified atom stereocenters. The summed E-state index contributed by atoms with van der Waals surface area (Å²) < 4.78 is 5.08. The van der Waals surface area contributed by atoms with Crippen LogP contribution in [0, 0.1) is 6.92 Å². The number of aryl methyl sites for hydroxylation is 1. The Bertz CT molecular complexity index is 991. The molecule has 3 rings (SSSR count). The Morgan fingerprint density at radius 3 is 2.52 bits per heavy atom. The average Bonchev–Trinajstić information content (AvgIpc) is 3.21. The van der Waals surface area contributed by atoms with E-state index in [-0.39, 0.29) is 17.6 Å². The third-order valence-electron chi connectivity index (χ3n) is 4.00. The number of carbonyl (C=O) groups excluding carboxylic acids is 2. The second-order valence-corrected chi connectivity index (χ2v) is 5.97. The van der Waals surface area contributed by atoms with Crippen LogP contribution in [-0.4, -0.2) is 17.5 Å². The van der Waals surface area contributed by atoms with Crippen molar-refractivity contribution < 1.29 is 14.0 Å². The minimum Gasteiger partial charge on any atom is -0.459 e. The van der Waals surface area contributed by atoms with Gasteiger partial charge in [-0.05, 0) is 55.3 Å². The van der Waals surface area contributed by atoms with Gasteiger partial charge in [-0.1, -0.05) is 30.3 Å². The monoisotopic (exact) mass is 361 g/mol. The zero-order valence-electron chi connectivity index (χ0n) is 15.0. The molecule has 0 fully saturated rings. The molecule has 0 aliphatic heterocycles. The van der Waals surface area contributed by atoms with E-state index >= 15 is 0 Å². The number of nitrogens with zero attached hydrogens (tertiary/aromatic N) is 1. The molecule has 6 heteroatoms. The molecule has 0 aliphatic carbocycles. The fourth-order valence-corrected chi connectivity index (χ4v) is 2.51. The second-order valence-electron chi connectivity index (χ2n) is 5.97. The summed E-state index contributed by atoms with van der Waals surface area (Å²) in [7, 11) is 0. The van der Waals surface area contributed by atoms with Crippen molar-refractivity contribution in [3.63, 3.8) is 0 Å². The van der Waals surface area contributed by atoms with E-state index in [1.54, 1.807) is 43.3 Å². The molecule has 2 aromatic carbocycles. The minimum absolute atomic E-state index is 0.233. The summed E-state index contributed by atoms with van der Waals surface area (Å²) in [4.78, 5) is 24.3. The van der Waals surface area contributed by atoms with Gasteiger partial charge in [-0.2, -0.15) is 5.10 Å². The molecule has 1 aromatic heterocycles. The Morgan fingerprint density at radius 1 is 0.963 bits per heavy atom. The lowest BCUT2D eigenvalue weighted by molar-refractivity contribution is 0.0953. The fourth-order valence-electron chi connectivity index (χ4n) is 2.51. The van der Waals surface area contributed by atoms with Gasteiger partial charge in [-0.3, -0.25) is 9.59 Å². The predicted octanol–water partition coefficient (Wildman–Crippen LogP) is 3.99. The summed E-state index contributed by atoms with van der Waals surface area (Å²) >= 11 is 0. The molecule has 0 bridgehead atoms. The zero-order valence-corrected chi connectivity index (χ0v) is 15.0. The summed E-state index contributed by atoms with van der Waals surface area (Å²) in [5.74, 6) is -0.370. The topological polar surface area (TPSA) is 83.7 Å². The summed E-state index contributed by atoms with van der Waals surface area (Å²) in [6.45, 7) is 3.66. The molecule has 6 nitrogen and oxygen atoms in total. The van der Waals surface area contributed by atoms with Gasteiger partial charge in [0.2, 0.25) is 0 Å². The SMILES string of the molecule is CC(=NNC(=O)c1ccccc1C)c1cccc(NC(=O)c2ccco2)c1. The van der Waals surface area contributed by atoms with Crippen LogP contribution in [0.5, 0.6) is 0 Å². The third-order valence-corrected chi connectivity index (χ3v) is 4.00. The van der Waals surface area contributed by atoms with Crippen molar-refractivity contribution in [3.8, 4) is 0 Å². The van der Waals surface area contributed by atoms with Crippen LogP contribution in [0.3, 0.4) is 0 Å². The molecule has 136 valence electrons. The maximum Gasteiger partial charge on any atom is 0.291 e. The highest BCUT2D eigenvalue weighted by Gasteiger charge is 2.10. The number of hydrazone groups is 1. The summed E-state index contributed by atoms with van der Waals surface area (Å²) in [6.07, 6.45) is 1.44. The number of hydrogen-bond acceptors (Lipinski definition) is 4. The standard InChI is InChI=1S/C21H19N3O3/c1-14-7-3-4-10-18(14)20(25)24-23-15(2)16-8-5-9-17(13-16)22-21(26)19-11-6-12-27-19/h3-13H,1-2H3,(H,22,26)(H,24,25). The van der Waals surface area contributed by atoms with E-state index in [0.29, 0.717) is 17.0 Å². The third kappa shape index (κ3) is 4.49. The lowest BCUT2D eigenvalue weighted by Crippen LogP contribution is -2.20. The van der Waals surface area contributed by atoms with Gasteiger partial charge in [0.25, 0.3) is 11.8 Å². The molecule has 2 N–H and O–H groups in total. The van der Waals surface area contributed by atoms with E-state index in [4.69, 9.17) is 4.42 Å². The number of nitrogens with one attached hydrogen (secondary N) is 2. The van der Waals surface area contributed by atoms with Crippen molar-refractivity contribution in [2.24, 2.45) is 5.10 Å². The highest BCUT2D eigenvalue weighted by atomic mass is 16.3. The Labute approximate surface area is 156 Å². The van der Waals surface area contributed by atoms with Gasteiger partial charge in [0.1, 0.15) is 0 Å². The predicted molar refractivity (Wildman–Crippen MR) is 104 cm³/mol. The van der Waals surface area contributed by atoms with Crippen molar-refractivity contribution in [3.05, 3.63) is 89.4 Å². The minimum atomic E-state index is -0.334. The zero-order chi connectivity index (χ0) is 19.2. The second kappa shape index (κ2) is 8.14. The van der Waals surface area contributed by atoms with Gasteiger partial charge >= 0.3 is 0 Å². The molecule has 27 heavy (non-hydrogen) atoms. The maximum atomic E-state index is 12.3. The first-order valence-electron chi connectivity index (χ1n) is 8.40. The molecule has 3 aromatic rings. The Balaban J connectivity index is 1.70. The Kier molecular flexibility index (Phi) is 5.47. The Morgan fingerprint density at radius 2 is 1.78 bits per heavy atom. The maximum absolute atomic E-state index is 12.3. The first kappa shape index (κ1) is 18.1. The average molecular weight is 361 g/mol. The molecule has 0 aliphatic rings. The van der Waals surface area contributed by atoms with Crippen LogP contribution in [0.4, 0.5) is 5.69 Å². The summed E-state index contributed by atoms with van der Waals surface area (Å²) in [5, 5.41) is 6.93. The molecule has 0 atom stereocenters. The quantitative estimate of drug-likeness (QED) is 0.532. The van der Waals surface area contributed by atoms with E-state index in [1.807, 2.05) is 31.2 Å². The van der Waals surface area contributed by atoms with Gasteiger partial charge in [-0.15, -0.1) is 0 Å². The van der Waals surface area contributed by atoms with Gasteiger partial charge in [0, 0.05) is 11.3 Å². The van der Waals surface area contributed by atoms with E-state index in [9.17, 15) is 9.59 Å². The smallest absolute Gasteiger partial charge is 0.291 e. The molecule has 1 heterocycles. The van der Waals surface area contributed by atoms with Crippen molar-refractivity contribution in [2.45, 2.75) is 13.8 Å². The van der Waals surface area contributed by atoms with E-state index < -0.39 is 0 Å². The molecule has 0 radical (unpaired) electrons. The number of anilines is 1.